The number of hydrazine groups is 1. The zero-order chi connectivity index (χ0) is 19.7. The molecule has 1 atom stereocenters. The molecule has 1 fully saturated rings. The van der Waals surface area contributed by atoms with Crippen LogP contribution in [0.5, 0.6) is 0 Å². The van der Waals surface area contributed by atoms with Gasteiger partial charge in [0, 0.05) is 29.7 Å². The summed E-state index contributed by atoms with van der Waals surface area (Å²) in [6, 6.07) is 13.3. The third-order valence-corrected chi connectivity index (χ3v) is 5.84. The van der Waals surface area contributed by atoms with Gasteiger partial charge in [0.2, 0.25) is 0 Å². The molecule has 2 aliphatic heterocycles. The summed E-state index contributed by atoms with van der Waals surface area (Å²) in [5.41, 5.74) is 11.7. The van der Waals surface area contributed by atoms with Crippen LogP contribution < -0.4 is 16.2 Å². The van der Waals surface area contributed by atoms with Crippen molar-refractivity contribution in [3.05, 3.63) is 57.5 Å². The first kappa shape index (κ1) is 19.2. The molecule has 0 saturated carbocycles. The van der Waals surface area contributed by atoms with E-state index in [1.165, 1.54) is 0 Å². The van der Waals surface area contributed by atoms with E-state index < -0.39 is 0 Å². The summed E-state index contributed by atoms with van der Waals surface area (Å²) in [6.45, 7) is 1.76. The average molecular weight is 463 g/mol. The van der Waals surface area contributed by atoms with Gasteiger partial charge < -0.3 is 5.73 Å². The Morgan fingerprint density at radius 1 is 1.18 bits per heavy atom. The van der Waals surface area contributed by atoms with Crippen LogP contribution >= 0.6 is 27.5 Å². The summed E-state index contributed by atoms with van der Waals surface area (Å²) in [7, 11) is 0. The van der Waals surface area contributed by atoms with Crippen LogP contribution in [0.2, 0.25) is 5.02 Å². The van der Waals surface area contributed by atoms with E-state index >= 15 is 0 Å². The fourth-order valence-electron chi connectivity index (χ4n) is 3.56. The van der Waals surface area contributed by atoms with Crippen molar-refractivity contribution in [3.63, 3.8) is 0 Å². The summed E-state index contributed by atoms with van der Waals surface area (Å²) >= 11 is 9.92. The van der Waals surface area contributed by atoms with Crippen molar-refractivity contribution in [1.82, 2.24) is 10.4 Å². The molecule has 28 heavy (non-hydrogen) atoms. The van der Waals surface area contributed by atoms with E-state index in [-0.39, 0.29) is 11.9 Å². The van der Waals surface area contributed by atoms with Crippen molar-refractivity contribution in [2.75, 3.05) is 23.8 Å². The van der Waals surface area contributed by atoms with E-state index in [4.69, 9.17) is 17.3 Å². The maximum atomic E-state index is 12.8. The highest BCUT2D eigenvalue weighted by Crippen LogP contribution is 2.39. The minimum atomic E-state index is -0.155. The van der Waals surface area contributed by atoms with Crippen molar-refractivity contribution < 1.29 is 4.79 Å². The van der Waals surface area contributed by atoms with Crippen molar-refractivity contribution >= 4 is 50.5 Å². The summed E-state index contributed by atoms with van der Waals surface area (Å²) in [5, 5.41) is 8.93. The molecule has 0 spiro atoms. The van der Waals surface area contributed by atoms with Crippen LogP contribution in [-0.4, -0.2) is 29.7 Å². The molecular formula is C20H21BrClN5O. The molecule has 1 saturated heterocycles. The lowest BCUT2D eigenvalue weighted by atomic mass is 10.0. The van der Waals surface area contributed by atoms with E-state index in [1.807, 2.05) is 40.3 Å². The quantitative estimate of drug-likeness (QED) is 0.670. The number of benzene rings is 2. The molecule has 1 amide bonds. The van der Waals surface area contributed by atoms with Crippen molar-refractivity contribution in [2.24, 2.45) is 5.10 Å². The number of nitrogens with two attached hydrogens (primary N) is 1. The highest BCUT2D eigenvalue weighted by Gasteiger charge is 2.34. The van der Waals surface area contributed by atoms with Gasteiger partial charge in [0.25, 0.3) is 5.91 Å². The Morgan fingerprint density at radius 3 is 2.57 bits per heavy atom. The van der Waals surface area contributed by atoms with Gasteiger partial charge in [0.15, 0.2) is 0 Å². The van der Waals surface area contributed by atoms with Gasteiger partial charge in [-0.2, -0.15) is 5.10 Å². The molecule has 2 aliphatic rings. The number of hydrogen-bond acceptors (Lipinski definition) is 5. The Hall–Kier alpha value is -2.09. The highest BCUT2D eigenvalue weighted by molar-refractivity contribution is 9.10. The van der Waals surface area contributed by atoms with Crippen LogP contribution in [0.4, 0.5) is 11.4 Å². The molecule has 0 bridgehead atoms. The second-order valence-electron chi connectivity index (χ2n) is 7.01. The molecule has 1 unspecified atom stereocenters. The number of nitrogen functional groups attached to an aromatic ring is 1. The number of carbonyl (C=O) groups is 1. The predicted molar refractivity (Wildman–Crippen MR) is 116 cm³/mol. The lowest BCUT2D eigenvalue weighted by Gasteiger charge is -2.25. The Morgan fingerprint density at radius 2 is 1.89 bits per heavy atom. The van der Waals surface area contributed by atoms with Gasteiger partial charge >= 0.3 is 0 Å². The molecule has 4 rings (SSSR count). The Kier molecular flexibility index (Phi) is 5.57. The number of nitrogens with zero attached hydrogens (tertiary/aromatic N) is 3. The fourth-order valence-corrected chi connectivity index (χ4v) is 4.10. The van der Waals surface area contributed by atoms with Crippen LogP contribution in [0, 0.1) is 0 Å². The molecular weight excluding hydrogens is 442 g/mol. The summed E-state index contributed by atoms with van der Waals surface area (Å²) < 4.78 is 0.999. The first-order valence-electron chi connectivity index (χ1n) is 9.24. The molecule has 2 aromatic carbocycles. The second-order valence-corrected chi connectivity index (χ2v) is 8.33. The van der Waals surface area contributed by atoms with Crippen molar-refractivity contribution in [1.29, 1.82) is 0 Å². The number of amides is 1. The minimum Gasteiger partial charge on any atom is -0.399 e. The number of hydrogen-bond donors (Lipinski definition) is 2. The van der Waals surface area contributed by atoms with Crippen molar-refractivity contribution in [3.8, 4) is 0 Å². The standard InChI is InChI=1S/C20H21BrClN5O/c21-14-5-3-13(4-6-14)19-12-17(20(28)25-26-9-1-2-10-26)24-27(19)18-8-7-15(23)11-16(18)22/h3-8,11,19H,1-2,9-10,12,23H2,(H,25,28). The second kappa shape index (κ2) is 8.11. The molecule has 2 aromatic rings. The van der Waals surface area contributed by atoms with Gasteiger partial charge in [-0.15, -0.1) is 0 Å². The number of anilines is 2. The van der Waals surface area contributed by atoms with E-state index in [0.717, 1.165) is 41.7 Å². The maximum absolute atomic E-state index is 12.8. The lowest BCUT2D eigenvalue weighted by Crippen LogP contribution is -2.43. The Balaban J connectivity index is 1.65. The first-order valence-corrected chi connectivity index (χ1v) is 10.4. The Labute approximate surface area is 177 Å². The Bertz CT molecular complexity index is 911. The number of hydrazone groups is 1. The van der Waals surface area contributed by atoms with E-state index in [9.17, 15) is 4.79 Å². The molecule has 0 radical (unpaired) electrons. The zero-order valence-corrected chi connectivity index (χ0v) is 17.6. The molecule has 0 aliphatic carbocycles. The lowest BCUT2D eigenvalue weighted by molar-refractivity contribution is -0.119. The SMILES string of the molecule is Nc1ccc(N2N=C(C(=O)NN3CCCC3)CC2c2ccc(Br)cc2)c(Cl)c1. The summed E-state index contributed by atoms with van der Waals surface area (Å²) in [4.78, 5) is 12.8. The smallest absolute Gasteiger partial charge is 0.281 e. The number of rotatable bonds is 4. The monoisotopic (exact) mass is 461 g/mol. The van der Waals surface area contributed by atoms with Crippen LogP contribution in [0.25, 0.3) is 0 Å². The zero-order valence-electron chi connectivity index (χ0n) is 15.2. The minimum absolute atomic E-state index is 0.117. The molecule has 3 N–H and O–H groups in total. The normalized spacial score (nSPS) is 19.7. The topological polar surface area (TPSA) is 74.0 Å². The van der Waals surface area contributed by atoms with Crippen LogP contribution in [0.15, 0.2) is 52.0 Å². The molecule has 6 nitrogen and oxygen atoms in total. The molecule has 8 heteroatoms. The molecule has 2 heterocycles. The number of halogens is 2. The first-order chi connectivity index (χ1) is 13.5. The van der Waals surface area contributed by atoms with Gasteiger partial charge in [-0.1, -0.05) is 39.7 Å². The average Bonchev–Trinajstić information content (AvgIpc) is 3.32. The van der Waals surface area contributed by atoms with E-state index in [2.05, 4.69) is 26.5 Å². The highest BCUT2D eigenvalue weighted by atomic mass is 79.9. The third-order valence-electron chi connectivity index (χ3n) is 5.01. The molecule has 146 valence electrons. The van der Waals surface area contributed by atoms with Crippen LogP contribution in [-0.2, 0) is 4.79 Å². The van der Waals surface area contributed by atoms with Crippen LogP contribution in [0.3, 0.4) is 0 Å². The largest absolute Gasteiger partial charge is 0.399 e. The number of nitrogens with one attached hydrogen (secondary N) is 1. The molecule has 0 aromatic heterocycles. The summed E-state index contributed by atoms with van der Waals surface area (Å²) in [6.07, 6.45) is 2.70. The van der Waals surface area contributed by atoms with Gasteiger partial charge in [-0.25, -0.2) is 5.01 Å². The third kappa shape index (κ3) is 4.01. The van der Waals surface area contributed by atoms with E-state index in [0.29, 0.717) is 22.8 Å². The fraction of sp³-hybridized carbons (Fsp3) is 0.300. The predicted octanol–water partition coefficient (Wildman–Crippen LogP) is 4.12. The van der Waals surface area contributed by atoms with E-state index in [1.54, 1.807) is 12.1 Å². The number of carbonyl (C=O) groups excluding carboxylic acids is 1. The summed E-state index contributed by atoms with van der Waals surface area (Å²) in [5.74, 6) is -0.155. The van der Waals surface area contributed by atoms with Crippen LogP contribution in [0.1, 0.15) is 30.9 Å². The van der Waals surface area contributed by atoms with Gasteiger partial charge in [-0.3, -0.25) is 15.2 Å². The maximum Gasteiger partial charge on any atom is 0.281 e. The van der Waals surface area contributed by atoms with Gasteiger partial charge in [0.1, 0.15) is 5.71 Å². The van der Waals surface area contributed by atoms with Gasteiger partial charge in [-0.05, 0) is 48.7 Å². The van der Waals surface area contributed by atoms with Gasteiger partial charge in [0.05, 0.1) is 16.8 Å². The van der Waals surface area contributed by atoms with Crippen molar-refractivity contribution in [2.45, 2.75) is 25.3 Å².